The van der Waals surface area contributed by atoms with Crippen LogP contribution in [0.1, 0.15) is 11.1 Å². The highest BCUT2D eigenvalue weighted by Gasteiger charge is 2.21. The van der Waals surface area contributed by atoms with Gasteiger partial charge in [0.15, 0.2) is 17.5 Å². The molecule has 0 radical (unpaired) electrons. The third-order valence-corrected chi connectivity index (χ3v) is 12.2. The normalized spacial score (nSPS) is 12.0. The maximum absolute atomic E-state index is 6.76. The summed E-state index contributed by atoms with van der Waals surface area (Å²) in [6, 6.07) is 59.8. The van der Waals surface area contributed by atoms with Gasteiger partial charge in [-0.05, 0) is 92.8 Å². The van der Waals surface area contributed by atoms with Crippen molar-refractivity contribution in [3.05, 3.63) is 200 Å². The fourth-order valence-corrected chi connectivity index (χ4v) is 9.24. The van der Waals surface area contributed by atoms with E-state index in [9.17, 15) is 0 Å². The molecule has 5 heteroatoms. The monoisotopic (exact) mass is 780 g/mol. The van der Waals surface area contributed by atoms with E-state index in [1.165, 1.54) is 43.4 Å². The van der Waals surface area contributed by atoms with E-state index < -0.39 is 0 Å². The zero-order chi connectivity index (χ0) is 40.6. The van der Waals surface area contributed by atoms with Crippen molar-refractivity contribution in [2.24, 2.45) is 0 Å². The van der Waals surface area contributed by atoms with Gasteiger partial charge in [0.2, 0.25) is 0 Å². The summed E-state index contributed by atoms with van der Waals surface area (Å²) < 4.78 is 9.13. The summed E-state index contributed by atoms with van der Waals surface area (Å²) in [4.78, 5) is 15.5. The molecule has 0 bridgehead atoms. The lowest BCUT2D eigenvalue weighted by Gasteiger charge is -2.11. The van der Waals surface area contributed by atoms with Crippen molar-refractivity contribution in [3.63, 3.8) is 0 Å². The lowest BCUT2D eigenvalue weighted by molar-refractivity contribution is 0.668. The second-order valence-electron chi connectivity index (χ2n) is 15.7. The predicted octanol–water partition coefficient (Wildman–Crippen LogP) is 14.8. The molecule has 0 aliphatic rings. The quantitative estimate of drug-likeness (QED) is 0.158. The van der Waals surface area contributed by atoms with E-state index >= 15 is 0 Å². The van der Waals surface area contributed by atoms with E-state index in [2.05, 4.69) is 182 Å². The van der Waals surface area contributed by atoms with Crippen molar-refractivity contribution in [2.45, 2.75) is 6.92 Å². The number of aromatic nitrogens is 4. The van der Waals surface area contributed by atoms with Gasteiger partial charge >= 0.3 is 0 Å². The smallest absolute Gasteiger partial charge is 0.164 e. The van der Waals surface area contributed by atoms with Crippen LogP contribution in [-0.2, 0) is 0 Å². The minimum Gasteiger partial charge on any atom is -0.456 e. The van der Waals surface area contributed by atoms with E-state index in [4.69, 9.17) is 19.4 Å². The molecule has 12 rings (SSSR count). The molecule has 3 aromatic heterocycles. The van der Waals surface area contributed by atoms with Gasteiger partial charge in [-0.25, -0.2) is 15.0 Å². The van der Waals surface area contributed by atoms with Gasteiger partial charge < -0.3 is 8.98 Å². The van der Waals surface area contributed by atoms with Gasteiger partial charge in [-0.2, -0.15) is 0 Å². The fourth-order valence-electron chi connectivity index (χ4n) is 9.24. The number of hydrogen-bond acceptors (Lipinski definition) is 4. The van der Waals surface area contributed by atoms with Gasteiger partial charge in [0.05, 0.1) is 11.0 Å². The van der Waals surface area contributed by atoms with Crippen LogP contribution in [0.2, 0.25) is 0 Å². The van der Waals surface area contributed by atoms with Crippen molar-refractivity contribution in [2.75, 3.05) is 0 Å². The van der Waals surface area contributed by atoms with Crippen LogP contribution < -0.4 is 0 Å². The molecule has 0 atom stereocenters. The van der Waals surface area contributed by atoms with Crippen molar-refractivity contribution < 1.29 is 4.42 Å². The molecule has 0 aliphatic heterocycles. The highest BCUT2D eigenvalue weighted by molar-refractivity contribution is 6.23. The van der Waals surface area contributed by atoms with Crippen molar-refractivity contribution >= 4 is 82.1 Å². The van der Waals surface area contributed by atoms with Crippen LogP contribution >= 0.6 is 0 Å². The van der Waals surface area contributed by atoms with Crippen LogP contribution in [0.5, 0.6) is 0 Å². The molecule has 0 unspecified atom stereocenters. The Morgan fingerprint density at radius 2 is 1.11 bits per heavy atom. The molecule has 0 N–H and O–H groups in total. The van der Waals surface area contributed by atoms with E-state index in [1.807, 2.05) is 24.3 Å². The molecule has 0 amide bonds. The molecule has 5 nitrogen and oxygen atoms in total. The summed E-state index contributed by atoms with van der Waals surface area (Å²) in [5, 5.41) is 11.5. The first-order chi connectivity index (χ1) is 30.1. The third kappa shape index (κ3) is 5.59. The standard InChI is InChI=1S/C56H36N4O/c1-3-4-12-35-25-29-47-51(34(35)2)53-44-18-10-9-15-38(44)26-30-48(53)60(47)43-27-28-45-50(33-43)61-49-20-11-19-46(52(45)49)56-58-54(41-23-21-36-13-5-7-16-39(36)31-41)57-55(59-56)42-24-22-37-14-6-8-17-40(37)32-42/h3-33H,1H2,2H3/b12-4-. The lowest BCUT2D eigenvalue weighted by Crippen LogP contribution is -2.00. The zero-order valence-corrected chi connectivity index (χ0v) is 33.3. The molecule has 0 saturated heterocycles. The number of furan rings is 1. The van der Waals surface area contributed by atoms with Gasteiger partial charge in [0.1, 0.15) is 11.2 Å². The Balaban J connectivity index is 1.06. The Bertz CT molecular complexity index is 3710. The SMILES string of the molecule is C=C/C=C\c1ccc2c(c1C)c1c3ccccc3ccc1n2-c1ccc2c(c1)oc1cccc(-c3nc(-c4ccc5ccccc5c4)nc(-c4ccc5ccccc5c4)n3)c12. The first-order valence-corrected chi connectivity index (χ1v) is 20.5. The van der Waals surface area contributed by atoms with Gasteiger partial charge in [-0.3, -0.25) is 0 Å². The van der Waals surface area contributed by atoms with Crippen molar-refractivity contribution in [3.8, 4) is 39.9 Å². The first-order valence-electron chi connectivity index (χ1n) is 20.5. The molecule has 0 aliphatic carbocycles. The molecule has 3 heterocycles. The van der Waals surface area contributed by atoms with Crippen LogP contribution in [0.3, 0.4) is 0 Å². The first kappa shape index (κ1) is 34.9. The average molecular weight is 781 g/mol. The second kappa shape index (κ2) is 13.7. The van der Waals surface area contributed by atoms with E-state index in [0.717, 1.165) is 66.1 Å². The molecule has 12 aromatic rings. The van der Waals surface area contributed by atoms with E-state index in [-0.39, 0.29) is 0 Å². The van der Waals surface area contributed by atoms with Gasteiger partial charge in [0.25, 0.3) is 0 Å². The maximum atomic E-state index is 6.76. The minimum atomic E-state index is 0.588. The number of benzene rings is 9. The molecule has 0 fully saturated rings. The van der Waals surface area contributed by atoms with E-state index in [1.54, 1.807) is 0 Å². The molecular formula is C56H36N4O. The number of allylic oxidation sites excluding steroid dienone is 2. The van der Waals surface area contributed by atoms with Crippen LogP contribution in [0, 0.1) is 6.92 Å². The molecular weight excluding hydrogens is 745 g/mol. The molecule has 61 heavy (non-hydrogen) atoms. The van der Waals surface area contributed by atoms with Gasteiger partial charge in [-0.1, -0.05) is 146 Å². The Morgan fingerprint density at radius 3 is 1.84 bits per heavy atom. The van der Waals surface area contributed by atoms with Crippen LogP contribution in [0.25, 0.3) is 122 Å². The largest absolute Gasteiger partial charge is 0.456 e. The fraction of sp³-hybridized carbons (Fsp3) is 0.0179. The minimum absolute atomic E-state index is 0.588. The molecule has 0 spiro atoms. The van der Waals surface area contributed by atoms with Crippen LogP contribution in [-0.4, -0.2) is 19.5 Å². The Labute approximate surface area is 351 Å². The van der Waals surface area contributed by atoms with Crippen molar-refractivity contribution in [1.29, 1.82) is 0 Å². The second-order valence-corrected chi connectivity index (χ2v) is 15.7. The highest BCUT2D eigenvalue weighted by Crippen LogP contribution is 2.42. The summed E-state index contributed by atoms with van der Waals surface area (Å²) in [5.41, 5.74) is 10.0. The summed E-state index contributed by atoms with van der Waals surface area (Å²) >= 11 is 0. The predicted molar refractivity (Wildman–Crippen MR) is 254 cm³/mol. The van der Waals surface area contributed by atoms with Crippen LogP contribution in [0.4, 0.5) is 0 Å². The summed E-state index contributed by atoms with van der Waals surface area (Å²) in [6.07, 6.45) is 5.96. The maximum Gasteiger partial charge on any atom is 0.164 e. The number of hydrogen-bond donors (Lipinski definition) is 0. The third-order valence-electron chi connectivity index (χ3n) is 12.2. The number of rotatable bonds is 6. The summed E-state index contributed by atoms with van der Waals surface area (Å²) in [7, 11) is 0. The Morgan fingerprint density at radius 1 is 0.492 bits per heavy atom. The summed E-state index contributed by atoms with van der Waals surface area (Å²) in [5.74, 6) is 1.82. The number of fused-ring (bicyclic) bond motifs is 10. The molecule has 9 aromatic carbocycles. The average Bonchev–Trinajstić information content (AvgIpc) is 3.87. The van der Waals surface area contributed by atoms with Gasteiger partial charge in [-0.15, -0.1) is 0 Å². The van der Waals surface area contributed by atoms with E-state index in [0.29, 0.717) is 17.5 Å². The van der Waals surface area contributed by atoms with Gasteiger partial charge in [0, 0.05) is 50.0 Å². The summed E-state index contributed by atoms with van der Waals surface area (Å²) in [6.45, 7) is 6.13. The zero-order valence-electron chi connectivity index (χ0n) is 33.3. The topological polar surface area (TPSA) is 56.7 Å². The van der Waals surface area contributed by atoms with Crippen LogP contribution in [0.15, 0.2) is 193 Å². The van der Waals surface area contributed by atoms with Crippen molar-refractivity contribution in [1.82, 2.24) is 19.5 Å². The molecule has 0 saturated carbocycles. The Kier molecular flexibility index (Phi) is 7.84. The lowest BCUT2D eigenvalue weighted by atomic mass is 9.98. The highest BCUT2D eigenvalue weighted by atomic mass is 16.3. The number of aryl methyl sites for hydroxylation is 1. The number of nitrogens with zero attached hydrogens (tertiary/aromatic N) is 4. The Hall–Kier alpha value is -8.15. The molecule has 286 valence electrons.